The van der Waals surface area contributed by atoms with Gasteiger partial charge in [-0.05, 0) is 89.9 Å². The number of carbonyl (C=O) groups is 3. The monoisotopic (exact) mass is 801 g/mol. The normalized spacial score (nSPS) is 12.3. The van der Waals surface area contributed by atoms with Gasteiger partial charge in [-0.15, -0.1) is 0 Å². The molecule has 0 amide bonds. The molecule has 0 aliphatic carbocycles. The van der Waals surface area contributed by atoms with Crippen LogP contribution in [0.15, 0.2) is 36.5 Å². The van der Waals surface area contributed by atoms with E-state index in [-0.39, 0.29) is 31.1 Å². The van der Waals surface area contributed by atoms with Crippen molar-refractivity contribution in [2.24, 2.45) is 0 Å². The van der Waals surface area contributed by atoms with Crippen LogP contribution in [0.3, 0.4) is 0 Å². The molecule has 6 heteroatoms. The molecule has 1 unspecified atom stereocenters. The topological polar surface area (TPSA) is 78.9 Å². The summed E-state index contributed by atoms with van der Waals surface area (Å²) in [6, 6.07) is 0. The average molecular weight is 801 g/mol. The van der Waals surface area contributed by atoms with Crippen LogP contribution < -0.4 is 0 Å². The van der Waals surface area contributed by atoms with Gasteiger partial charge >= 0.3 is 17.9 Å². The summed E-state index contributed by atoms with van der Waals surface area (Å²) in [5.74, 6) is -0.941. The van der Waals surface area contributed by atoms with E-state index < -0.39 is 6.10 Å². The summed E-state index contributed by atoms with van der Waals surface area (Å²) in [6.45, 7) is 6.55. The Morgan fingerprint density at radius 1 is 0.333 bits per heavy atom. The Balaban J connectivity index is 4.35. The smallest absolute Gasteiger partial charge is 0.306 e. The lowest BCUT2D eigenvalue weighted by atomic mass is 10.1. The number of hydrogen-bond acceptors (Lipinski definition) is 6. The second kappa shape index (κ2) is 46.3. The Bertz CT molecular complexity index is 969. The van der Waals surface area contributed by atoms with E-state index in [1.54, 1.807) is 0 Å². The van der Waals surface area contributed by atoms with Gasteiger partial charge in [0.25, 0.3) is 0 Å². The van der Waals surface area contributed by atoms with Gasteiger partial charge in [-0.2, -0.15) is 0 Å². The molecule has 0 radical (unpaired) electrons. The van der Waals surface area contributed by atoms with Crippen LogP contribution in [0.2, 0.25) is 0 Å². The Morgan fingerprint density at radius 3 is 0.982 bits per heavy atom. The molecule has 0 aromatic heterocycles. The standard InChI is InChI=1S/C51H92O6/c1-4-7-10-13-16-19-21-23-24-25-26-28-29-32-35-38-41-44-50(53)56-47-48(46-55-49(52)43-40-37-34-31-18-15-12-9-6-3)57-51(54)45-42-39-36-33-30-27-22-20-17-14-11-8-5-2/h23-24,27,30-31,34,48H,4-22,25-26,28-29,32-33,35-47H2,1-3H3/b24-23-,30-27-,34-31-. The molecule has 0 fully saturated rings. The molecular weight excluding hydrogens is 709 g/mol. The molecule has 0 bridgehead atoms. The molecule has 6 nitrogen and oxygen atoms in total. The van der Waals surface area contributed by atoms with Crippen LogP contribution in [0.25, 0.3) is 0 Å². The van der Waals surface area contributed by atoms with Gasteiger partial charge in [0.15, 0.2) is 6.10 Å². The molecule has 0 spiro atoms. The SMILES string of the molecule is CCCCCC/C=C\CCCC(=O)OCC(COC(=O)CCCCCCCCC/C=C\CCCCCCCC)OC(=O)CCCCC/C=C\CCCCCCCC. The zero-order chi connectivity index (χ0) is 41.5. The highest BCUT2D eigenvalue weighted by Gasteiger charge is 2.19. The fourth-order valence-corrected chi connectivity index (χ4v) is 6.85. The van der Waals surface area contributed by atoms with Crippen LogP contribution in [-0.2, 0) is 28.6 Å². The van der Waals surface area contributed by atoms with Gasteiger partial charge in [0.2, 0.25) is 0 Å². The van der Waals surface area contributed by atoms with Crippen LogP contribution in [0, 0.1) is 0 Å². The highest BCUT2D eigenvalue weighted by Crippen LogP contribution is 2.14. The molecule has 0 saturated heterocycles. The summed E-state index contributed by atoms with van der Waals surface area (Å²) in [4.78, 5) is 37.7. The number of esters is 3. The van der Waals surface area contributed by atoms with Gasteiger partial charge in [-0.3, -0.25) is 14.4 Å². The summed E-state index contributed by atoms with van der Waals surface area (Å²) in [5.41, 5.74) is 0. The molecule has 0 heterocycles. The van der Waals surface area contributed by atoms with Crippen molar-refractivity contribution in [1.29, 1.82) is 0 Å². The first-order valence-corrected chi connectivity index (χ1v) is 24.5. The van der Waals surface area contributed by atoms with Crippen LogP contribution in [0.4, 0.5) is 0 Å². The lowest BCUT2D eigenvalue weighted by Crippen LogP contribution is -2.30. The summed E-state index contributed by atoms with van der Waals surface area (Å²) >= 11 is 0. The second-order valence-corrected chi connectivity index (χ2v) is 16.4. The first kappa shape index (κ1) is 54.6. The average Bonchev–Trinajstić information content (AvgIpc) is 3.21. The minimum absolute atomic E-state index is 0.0879. The van der Waals surface area contributed by atoms with Crippen molar-refractivity contribution in [2.45, 2.75) is 258 Å². The number of hydrogen-bond donors (Lipinski definition) is 0. The van der Waals surface area contributed by atoms with E-state index in [1.807, 2.05) is 0 Å². The summed E-state index contributed by atoms with van der Waals surface area (Å²) < 4.78 is 16.7. The minimum Gasteiger partial charge on any atom is -0.462 e. The quantitative estimate of drug-likeness (QED) is 0.0264. The number of unbranched alkanes of at least 4 members (excludes halogenated alkanes) is 27. The van der Waals surface area contributed by atoms with Crippen LogP contribution in [0.1, 0.15) is 252 Å². The fraction of sp³-hybridized carbons (Fsp3) is 0.824. The van der Waals surface area contributed by atoms with Crippen LogP contribution >= 0.6 is 0 Å². The van der Waals surface area contributed by atoms with E-state index in [4.69, 9.17) is 14.2 Å². The Labute approximate surface area is 353 Å². The highest BCUT2D eigenvalue weighted by atomic mass is 16.6. The predicted octanol–water partition coefficient (Wildman–Crippen LogP) is 15.8. The minimum atomic E-state index is -0.788. The molecule has 0 N–H and O–H groups in total. The van der Waals surface area contributed by atoms with Gasteiger partial charge in [-0.25, -0.2) is 0 Å². The number of ether oxygens (including phenoxy) is 3. The van der Waals surface area contributed by atoms with Gasteiger partial charge in [0, 0.05) is 19.3 Å². The number of rotatable bonds is 44. The Hall–Kier alpha value is -2.37. The predicted molar refractivity (Wildman–Crippen MR) is 242 cm³/mol. The van der Waals surface area contributed by atoms with E-state index >= 15 is 0 Å². The third-order valence-electron chi connectivity index (χ3n) is 10.6. The van der Waals surface area contributed by atoms with Gasteiger partial charge in [0.05, 0.1) is 0 Å². The zero-order valence-corrected chi connectivity index (χ0v) is 37.9. The first-order chi connectivity index (χ1) is 28.0. The Kier molecular flexibility index (Phi) is 44.4. The molecule has 57 heavy (non-hydrogen) atoms. The van der Waals surface area contributed by atoms with Crippen molar-refractivity contribution in [3.63, 3.8) is 0 Å². The summed E-state index contributed by atoms with van der Waals surface area (Å²) in [7, 11) is 0. The van der Waals surface area contributed by atoms with Crippen LogP contribution in [0.5, 0.6) is 0 Å². The van der Waals surface area contributed by atoms with E-state index in [9.17, 15) is 14.4 Å². The number of allylic oxidation sites excluding steroid dienone is 6. The zero-order valence-electron chi connectivity index (χ0n) is 37.9. The lowest BCUT2D eigenvalue weighted by molar-refractivity contribution is -0.167. The molecule has 0 rings (SSSR count). The van der Waals surface area contributed by atoms with Gasteiger partial charge in [-0.1, -0.05) is 179 Å². The first-order valence-electron chi connectivity index (χ1n) is 24.5. The van der Waals surface area contributed by atoms with E-state index in [2.05, 4.69) is 57.2 Å². The molecule has 1 atom stereocenters. The molecule has 0 aromatic carbocycles. The Morgan fingerprint density at radius 2 is 0.596 bits per heavy atom. The third-order valence-corrected chi connectivity index (χ3v) is 10.6. The number of carbonyl (C=O) groups excluding carboxylic acids is 3. The van der Waals surface area contributed by atoms with Gasteiger partial charge in [0.1, 0.15) is 13.2 Å². The second-order valence-electron chi connectivity index (χ2n) is 16.4. The molecule has 0 aliphatic rings. The van der Waals surface area contributed by atoms with Crippen molar-refractivity contribution < 1.29 is 28.6 Å². The van der Waals surface area contributed by atoms with Gasteiger partial charge < -0.3 is 14.2 Å². The van der Waals surface area contributed by atoms with E-state index in [0.29, 0.717) is 25.7 Å². The van der Waals surface area contributed by atoms with Crippen molar-refractivity contribution in [1.82, 2.24) is 0 Å². The van der Waals surface area contributed by atoms with Crippen molar-refractivity contribution in [3.05, 3.63) is 36.5 Å². The largest absolute Gasteiger partial charge is 0.462 e. The fourth-order valence-electron chi connectivity index (χ4n) is 6.85. The van der Waals surface area contributed by atoms with Crippen molar-refractivity contribution >= 4 is 17.9 Å². The van der Waals surface area contributed by atoms with Crippen LogP contribution in [-0.4, -0.2) is 37.2 Å². The lowest BCUT2D eigenvalue weighted by Gasteiger charge is -2.18. The maximum atomic E-state index is 12.7. The molecule has 0 aliphatic heterocycles. The molecule has 332 valence electrons. The molecule has 0 aromatic rings. The third kappa shape index (κ3) is 44.6. The van der Waals surface area contributed by atoms with Crippen molar-refractivity contribution in [2.75, 3.05) is 13.2 Å². The van der Waals surface area contributed by atoms with Crippen molar-refractivity contribution in [3.8, 4) is 0 Å². The maximum Gasteiger partial charge on any atom is 0.306 e. The van der Waals surface area contributed by atoms with E-state index in [0.717, 1.165) is 64.2 Å². The van der Waals surface area contributed by atoms with E-state index in [1.165, 1.54) is 141 Å². The summed E-state index contributed by atoms with van der Waals surface area (Å²) in [6.07, 6.45) is 52.8. The molecule has 0 saturated carbocycles. The molecular formula is C51H92O6. The summed E-state index contributed by atoms with van der Waals surface area (Å²) in [5, 5.41) is 0. The maximum absolute atomic E-state index is 12.7. The highest BCUT2D eigenvalue weighted by molar-refractivity contribution is 5.71.